The van der Waals surface area contributed by atoms with Gasteiger partial charge in [0.25, 0.3) is 0 Å². The second-order valence-electron chi connectivity index (χ2n) is 3.30. The zero-order valence-corrected chi connectivity index (χ0v) is 8.59. The van der Waals surface area contributed by atoms with Gasteiger partial charge in [-0.3, -0.25) is 0 Å². The Balaban J connectivity index is 2.52. The standard InChI is InChI=1S/C13H16N/c1-3-5-11-14-13(4-2)12-9-7-6-8-10-12/h6-10,13-14H,3,5,11H2,1H3/q+1. The molecule has 1 aromatic rings. The molecule has 1 N–H and O–H groups in total. The molecular weight excluding hydrogens is 170 g/mol. The predicted molar refractivity (Wildman–Crippen MR) is 59.2 cm³/mol. The van der Waals surface area contributed by atoms with Gasteiger partial charge in [0.1, 0.15) is 0 Å². The molecule has 72 valence electrons. The number of rotatable bonds is 5. The molecule has 0 saturated heterocycles. The average Bonchev–Trinajstić information content (AvgIpc) is 2.26. The van der Waals surface area contributed by atoms with E-state index in [0.29, 0.717) is 0 Å². The van der Waals surface area contributed by atoms with Crippen LogP contribution >= 0.6 is 0 Å². The van der Waals surface area contributed by atoms with Crippen molar-refractivity contribution in [2.24, 2.45) is 0 Å². The minimum atomic E-state index is -0.0530. The molecule has 14 heavy (non-hydrogen) atoms. The number of hydrogen-bond acceptors (Lipinski definition) is 1. The van der Waals surface area contributed by atoms with Gasteiger partial charge in [-0.2, -0.15) is 0 Å². The van der Waals surface area contributed by atoms with Crippen molar-refractivity contribution in [1.29, 1.82) is 0 Å². The average molecular weight is 186 g/mol. The maximum absolute atomic E-state index is 7.22. The summed E-state index contributed by atoms with van der Waals surface area (Å²) in [5.74, 6) is 2.52. The van der Waals surface area contributed by atoms with Crippen molar-refractivity contribution in [1.82, 2.24) is 5.32 Å². The Hall–Kier alpha value is -1.04. The van der Waals surface area contributed by atoms with Crippen molar-refractivity contribution in [3.05, 3.63) is 42.3 Å². The fraction of sp³-hybridized carbons (Fsp3) is 0.385. The molecule has 0 aliphatic carbocycles. The van der Waals surface area contributed by atoms with Crippen molar-refractivity contribution < 1.29 is 0 Å². The molecule has 1 heteroatoms. The number of hydrogen-bond donors (Lipinski definition) is 1. The van der Waals surface area contributed by atoms with Gasteiger partial charge in [0.15, 0.2) is 0 Å². The van der Waals surface area contributed by atoms with Crippen LogP contribution < -0.4 is 5.32 Å². The van der Waals surface area contributed by atoms with E-state index in [-0.39, 0.29) is 6.04 Å². The van der Waals surface area contributed by atoms with Crippen molar-refractivity contribution >= 4 is 0 Å². The molecule has 0 aliphatic heterocycles. The van der Waals surface area contributed by atoms with E-state index in [0.717, 1.165) is 18.5 Å². The third kappa shape index (κ3) is 3.37. The zero-order chi connectivity index (χ0) is 10.2. The van der Waals surface area contributed by atoms with Gasteiger partial charge in [-0.25, -0.2) is 0 Å². The zero-order valence-electron chi connectivity index (χ0n) is 8.59. The fourth-order valence-electron chi connectivity index (χ4n) is 1.32. The van der Waals surface area contributed by atoms with E-state index in [1.54, 1.807) is 0 Å². The van der Waals surface area contributed by atoms with E-state index in [1.807, 2.05) is 30.3 Å². The van der Waals surface area contributed by atoms with Crippen LogP contribution in [0.25, 0.3) is 0 Å². The number of benzene rings is 1. The Morgan fingerprint density at radius 1 is 1.36 bits per heavy atom. The Morgan fingerprint density at radius 2 is 2.07 bits per heavy atom. The molecule has 1 rings (SSSR count). The second-order valence-corrected chi connectivity index (χ2v) is 3.30. The van der Waals surface area contributed by atoms with E-state index >= 15 is 0 Å². The Labute approximate surface area is 86.5 Å². The first kappa shape index (κ1) is 11.0. The van der Waals surface area contributed by atoms with Crippen molar-refractivity contribution in [2.45, 2.75) is 25.8 Å². The Bertz CT molecular complexity index is 284. The molecule has 0 aliphatic rings. The van der Waals surface area contributed by atoms with Gasteiger partial charge >= 0.3 is 85.9 Å². The molecule has 0 saturated carbocycles. The molecule has 1 atom stereocenters. The number of nitrogens with one attached hydrogen (secondary N) is 1. The minimum absolute atomic E-state index is 0.0530. The summed E-state index contributed by atoms with van der Waals surface area (Å²) in [5.41, 5.74) is 1.11. The summed E-state index contributed by atoms with van der Waals surface area (Å²) in [5, 5.41) is 3.29. The van der Waals surface area contributed by atoms with E-state index < -0.39 is 0 Å². The van der Waals surface area contributed by atoms with E-state index in [2.05, 4.69) is 18.2 Å². The third-order valence-corrected chi connectivity index (χ3v) is 2.16. The van der Waals surface area contributed by atoms with E-state index in [4.69, 9.17) is 6.42 Å². The topological polar surface area (TPSA) is 12.0 Å². The summed E-state index contributed by atoms with van der Waals surface area (Å²) in [6.07, 6.45) is 9.54. The van der Waals surface area contributed by atoms with Crippen LogP contribution in [0.2, 0.25) is 0 Å². The molecule has 0 radical (unpaired) electrons. The molecular formula is C13H16N+. The molecule has 0 bridgehead atoms. The van der Waals surface area contributed by atoms with Crippen molar-refractivity contribution in [3.63, 3.8) is 0 Å². The third-order valence-electron chi connectivity index (χ3n) is 2.16. The Morgan fingerprint density at radius 3 is 2.64 bits per heavy atom. The summed E-state index contributed by atoms with van der Waals surface area (Å²) in [4.78, 5) is 0. The quantitative estimate of drug-likeness (QED) is 0.423. The summed E-state index contributed by atoms with van der Waals surface area (Å²) >= 11 is 0. The Kier molecular flexibility index (Phi) is 5.06. The van der Waals surface area contributed by atoms with Crippen LogP contribution in [0.1, 0.15) is 31.4 Å². The molecule has 0 aromatic heterocycles. The van der Waals surface area contributed by atoms with Crippen LogP contribution in [0.5, 0.6) is 0 Å². The van der Waals surface area contributed by atoms with Gasteiger partial charge in [0.05, 0.1) is 0 Å². The van der Waals surface area contributed by atoms with E-state index in [9.17, 15) is 0 Å². The molecule has 1 unspecified atom stereocenters. The van der Waals surface area contributed by atoms with Crippen LogP contribution in [0.3, 0.4) is 0 Å². The number of unbranched alkanes of at least 4 members (excludes halogenated alkanes) is 1. The summed E-state index contributed by atoms with van der Waals surface area (Å²) < 4.78 is 0. The van der Waals surface area contributed by atoms with Gasteiger partial charge in [-0.15, -0.1) is 0 Å². The molecule has 0 heterocycles. The van der Waals surface area contributed by atoms with Gasteiger partial charge in [-0.1, -0.05) is 0 Å². The van der Waals surface area contributed by atoms with Gasteiger partial charge in [0.2, 0.25) is 0 Å². The summed E-state index contributed by atoms with van der Waals surface area (Å²) in [6, 6.07) is 9.94. The SMILES string of the molecule is [C+]#CC(NCCCC)c1ccccc1. The molecule has 1 aromatic carbocycles. The van der Waals surface area contributed by atoms with Crippen LogP contribution in [-0.4, -0.2) is 6.54 Å². The summed E-state index contributed by atoms with van der Waals surface area (Å²) in [6.45, 7) is 3.11. The van der Waals surface area contributed by atoms with Crippen LogP contribution in [0.15, 0.2) is 30.3 Å². The summed E-state index contributed by atoms with van der Waals surface area (Å²) in [7, 11) is 0. The van der Waals surface area contributed by atoms with Crippen LogP contribution in [0, 0.1) is 12.3 Å². The first-order valence-electron chi connectivity index (χ1n) is 5.09. The molecule has 1 nitrogen and oxygen atoms in total. The molecule has 0 amide bonds. The van der Waals surface area contributed by atoms with E-state index in [1.165, 1.54) is 6.42 Å². The molecule has 0 spiro atoms. The normalized spacial score (nSPS) is 12.2. The predicted octanol–water partition coefficient (Wildman–Crippen LogP) is 2.71. The van der Waals surface area contributed by atoms with Crippen molar-refractivity contribution in [2.75, 3.05) is 6.54 Å². The first-order valence-corrected chi connectivity index (χ1v) is 5.09. The molecule has 0 fully saturated rings. The van der Waals surface area contributed by atoms with Gasteiger partial charge < -0.3 is 0 Å². The van der Waals surface area contributed by atoms with Crippen molar-refractivity contribution in [3.8, 4) is 5.92 Å². The van der Waals surface area contributed by atoms with Gasteiger partial charge in [0, 0.05) is 0 Å². The maximum atomic E-state index is 7.22. The fourth-order valence-corrected chi connectivity index (χ4v) is 1.32. The second kappa shape index (κ2) is 6.42. The first-order chi connectivity index (χ1) is 6.88. The van der Waals surface area contributed by atoms with Crippen LogP contribution in [0.4, 0.5) is 0 Å². The van der Waals surface area contributed by atoms with Gasteiger partial charge in [-0.05, 0) is 0 Å². The van der Waals surface area contributed by atoms with Crippen LogP contribution in [-0.2, 0) is 0 Å². The monoisotopic (exact) mass is 186 g/mol.